The van der Waals surface area contributed by atoms with Crippen molar-refractivity contribution in [2.45, 2.75) is 0 Å². The predicted octanol–water partition coefficient (Wildman–Crippen LogP) is 4.46. The predicted molar refractivity (Wildman–Crippen MR) is 134 cm³/mol. The van der Waals surface area contributed by atoms with Crippen LogP contribution in [0.25, 0.3) is 22.1 Å². The van der Waals surface area contributed by atoms with Gasteiger partial charge < -0.3 is 14.2 Å². The van der Waals surface area contributed by atoms with Crippen LogP contribution >= 0.6 is 27.3 Å². The van der Waals surface area contributed by atoms with Gasteiger partial charge in [0.15, 0.2) is 16.5 Å². The van der Waals surface area contributed by atoms with E-state index in [1.54, 1.807) is 54.0 Å². The fraction of sp³-hybridized carbons (Fsp3) is 0.0800. The van der Waals surface area contributed by atoms with E-state index >= 15 is 0 Å². The molecule has 0 saturated heterocycles. The van der Waals surface area contributed by atoms with Gasteiger partial charge in [-0.3, -0.25) is 4.79 Å². The van der Waals surface area contributed by atoms with Crippen LogP contribution in [0.15, 0.2) is 69.9 Å². The number of benzene rings is 3. The molecule has 7 nitrogen and oxygen atoms in total. The van der Waals surface area contributed by atoms with Gasteiger partial charge in [0, 0.05) is 0 Å². The van der Waals surface area contributed by atoms with Crippen LogP contribution < -0.4 is 24.3 Å². The Labute approximate surface area is 206 Å². The van der Waals surface area contributed by atoms with Crippen LogP contribution in [0.3, 0.4) is 0 Å². The molecule has 9 heteroatoms. The van der Waals surface area contributed by atoms with Crippen LogP contribution in [0.2, 0.25) is 0 Å². The maximum Gasteiger partial charge on any atom is 0.343 e. The standard InChI is InChI=1S/C25H17BrN2O5S/c1-31-16-9-7-15(8-10-16)24(30)33-22-17(26)11-14(12-20(22)32-2)13-21-23(29)28-19-6-4-3-5-18(19)27-25(28)34-21/h3-13H,1-2H3/b21-13-. The zero-order chi connectivity index (χ0) is 23.8. The van der Waals surface area contributed by atoms with E-state index in [1.165, 1.54) is 18.4 Å². The number of halogens is 1. The van der Waals surface area contributed by atoms with Crippen LogP contribution in [0.4, 0.5) is 0 Å². The van der Waals surface area contributed by atoms with Crippen molar-refractivity contribution in [1.29, 1.82) is 0 Å². The number of nitrogens with zero attached hydrogens (tertiary/aromatic N) is 2. The van der Waals surface area contributed by atoms with Gasteiger partial charge in [0.25, 0.3) is 5.56 Å². The molecule has 0 saturated carbocycles. The average Bonchev–Trinajstić information content (AvgIpc) is 3.36. The molecular weight excluding hydrogens is 520 g/mol. The van der Waals surface area contributed by atoms with Crippen molar-refractivity contribution < 1.29 is 19.0 Å². The molecule has 0 unspecified atom stereocenters. The zero-order valence-electron chi connectivity index (χ0n) is 18.1. The maximum absolute atomic E-state index is 13.0. The Hall–Kier alpha value is -3.69. The highest BCUT2D eigenvalue weighted by molar-refractivity contribution is 9.10. The first-order valence-electron chi connectivity index (χ1n) is 10.1. The third-order valence-corrected chi connectivity index (χ3v) is 6.77. The van der Waals surface area contributed by atoms with E-state index in [9.17, 15) is 9.59 Å². The van der Waals surface area contributed by atoms with E-state index in [0.29, 0.717) is 36.6 Å². The Morgan fingerprint density at radius 2 is 1.82 bits per heavy atom. The summed E-state index contributed by atoms with van der Waals surface area (Å²) in [6.45, 7) is 0. The van der Waals surface area contributed by atoms with Gasteiger partial charge >= 0.3 is 5.97 Å². The number of thiazole rings is 1. The Morgan fingerprint density at radius 1 is 1.06 bits per heavy atom. The lowest BCUT2D eigenvalue weighted by atomic mass is 10.2. The molecule has 2 heterocycles. The summed E-state index contributed by atoms with van der Waals surface area (Å²) in [5.74, 6) is 0.699. The molecule has 0 aliphatic rings. The Kier molecular flexibility index (Phi) is 5.80. The van der Waals surface area contributed by atoms with Gasteiger partial charge in [0.2, 0.25) is 0 Å². The number of imidazole rings is 1. The fourth-order valence-corrected chi connectivity index (χ4v) is 5.09. The lowest BCUT2D eigenvalue weighted by molar-refractivity contribution is 0.0728. The van der Waals surface area contributed by atoms with Gasteiger partial charge in [-0.2, -0.15) is 0 Å². The molecule has 0 atom stereocenters. The van der Waals surface area contributed by atoms with Gasteiger partial charge in [-0.05, 0) is 76.1 Å². The van der Waals surface area contributed by atoms with Crippen LogP contribution in [-0.2, 0) is 0 Å². The number of rotatable bonds is 5. The van der Waals surface area contributed by atoms with Gasteiger partial charge in [0.1, 0.15) is 5.75 Å². The Balaban J connectivity index is 1.51. The molecule has 0 N–H and O–H groups in total. The molecule has 34 heavy (non-hydrogen) atoms. The lowest BCUT2D eigenvalue weighted by Gasteiger charge is -2.12. The number of hydrogen-bond acceptors (Lipinski definition) is 7. The second-order valence-corrected chi connectivity index (χ2v) is 9.15. The van der Waals surface area contributed by atoms with E-state index in [2.05, 4.69) is 20.9 Å². The summed E-state index contributed by atoms with van der Waals surface area (Å²) in [5.41, 5.74) is 2.50. The largest absolute Gasteiger partial charge is 0.497 e. The molecule has 0 bridgehead atoms. The summed E-state index contributed by atoms with van der Waals surface area (Å²) in [4.78, 5) is 30.8. The SMILES string of the molecule is COc1ccc(C(=O)Oc2c(Br)cc(/C=c3\sc4nc5ccccc5n4c3=O)cc2OC)cc1. The van der Waals surface area contributed by atoms with Crippen molar-refractivity contribution in [2.24, 2.45) is 0 Å². The summed E-state index contributed by atoms with van der Waals surface area (Å²) in [6, 6.07) is 17.6. The van der Waals surface area contributed by atoms with E-state index in [-0.39, 0.29) is 11.3 Å². The molecular formula is C25H17BrN2O5S. The molecule has 0 radical (unpaired) electrons. The number of ether oxygens (including phenoxy) is 3. The van der Waals surface area contributed by atoms with Crippen LogP contribution in [0.5, 0.6) is 17.2 Å². The Morgan fingerprint density at radius 3 is 2.56 bits per heavy atom. The van der Waals surface area contributed by atoms with E-state index in [0.717, 1.165) is 11.0 Å². The van der Waals surface area contributed by atoms with Crippen molar-refractivity contribution in [3.63, 3.8) is 0 Å². The number of carbonyl (C=O) groups is 1. The minimum Gasteiger partial charge on any atom is -0.497 e. The molecule has 0 spiro atoms. The quantitative estimate of drug-likeness (QED) is 0.244. The molecule has 170 valence electrons. The minimum atomic E-state index is -0.536. The lowest BCUT2D eigenvalue weighted by Crippen LogP contribution is -2.22. The molecule has 3 aromatic carbocycles. The zero-order valence-corrected chi connectivity index (χ0v) is 20.5. The topological polar surface area (TPSA) is 79.1 Å². The van der Waals surface area contributed by atoms with E-state index in [4.69, 9.17) is 14.2 Å². The highest BCUT2D eigenvalue weighted by Gasteiger charge is 2.17. The van der Waals surface area contributed by atoms with Crippen LogP contribution in [-0.4, -0.2) is 29.6 Å². The van der Waals surface area contributed by atoms with Crippen molar-refractivity contribution >= 4 is 55.3 Å². The molecule has 2 aromatic heterocycles. The van der Waals surface area contributed by atoms with Crippen molar-refractivity contribution in [2.75, 3.05) is 14.2 Å². The Bertz CT molecular complexity index is 1660. The van der Waals surface area contributed by atoms with Crippen molar-refractivity contribution in [1.82, 2.24) is 9.38 Å². The van der Waals surface area contributed by atoms with E-state index in [1.807, 2.05) is 24.3 Å². The number of hydrogen-bond donors (Lipinski definition) is 0. The number of fused-ring (bicyclic) bond motifs is 3. The summed E-state index contributed by atoms with van der Waals surface area (Å²) >= 11 is 4.78. The second-order valence-electron chi connectivity index (χ2n) is 7.29. The molecule has 0 aliphatic carbocycles. The highest BCUT2D eigenvalue weighted by atomic mass is 79.9. The number of esters is 1. The molecule has 0 amide bonds. The first-order valence-corrected chi connectivity index (χ1v) is 11.7. The van der Waals surface area contributed by atoms with Crippen LogP contribution in [0, 0.1) is 0 Å². The van der Waals surface area contributed by atoms with Gasteiger partial charge in [-0.1, -0.05) is 23.5 Å². The van der Waals surface area contributed by atoms with Gasteiger partial charge in [0.05, 0.1) is 39.8 Å². The van der Waals surface area contributed by atoms with E-state index < -0.39 is 5.97 Å². The van der Waals surface area contributed by atoms with Gasteiger partial charge in [-0.25, -0.2) is 14.2 Å². The van der Waals surface area contributed by atoms with Crippen molar-refractivity contribution in [3.8, 4) is 17.2 Å². The normalized spacial score (nSPS) is 11.8. The summed E-state index contributed by atoms with van der Waals surface area (Å²) in [7, 11) is 3.04. The fourth-order valence-electron chi connectivity index (χ4n) is 3.56. The third-order valence-electron chi connectivity index (χ3n) is 5.22. The number of methoxy groups -OCH3 is 2. The highest BCUT2D eigenvalue weighted by Crippen LogP contribution is 2.37. The third kappa shape index (κ3) is 3.93. The van der Waals surface area contributed by atoms with Crippen LogP contribution in [0.1, 0.15) is 15.9 Å². The van der Waals surface area contributed by atoms with Gasteiger partial charge in [-0.15, -0.1) is 0 Å². The number of para-hydroxylation sites is 2. The monoisotopic (exact) mass is 536 g/mol. The molecule has 0 fully saturated rings. The molecule has 5 rings (SSSR count). The maximum atomic E-state index is 13.0. The smallest absolute Gasteiger partial charge is 0.343 e. The first-order chi connectivity index (χ1) is 16.5. The number of carbonyl (C=O) groups excluding carboxylic acids is 1. The number of aromatic nitrogens is 2. The molecule has 5 aromatic rings. The summed E-state index contributed by atoms with van der Waals surface area (Å²) < 4.78 is 18.8. The summed E-state index contributed by atoms with van der Waals surface area (Å²) in [6.07, 6.45) is 1.76. The summed E-state index contributed by atoms with van der Waals surface area (Å²) in [5, 5.41) is 0. The van der Waals surface area contributed by atoms with Crippen molar-refractivity contribution in [3.05, 3.63) is 91.1 Å². The first kappa shape index (κ1) is 22.1. The minimum absolute atomic E-state index is 0.140. The average molecular weight is 537 g/mol. The second kappa shape index (κ2) is 8.92. The molecule has 0 aliphatic heterocycles.